The standard InChI is InChI=1S/C24H16ClF3O4/c1-30-19-8-3-2-7-17(19)21-22(29)18-10-9-16(12-20(18)32-23(21)24(26,27)28)31-13-14-5-4-6-15(25)11-14/h2-12H,13H2,1H3. The molecule has 164 valence electrons. The molecule has 8 heteroatoms. The number of hydrogen-bond donors (Lipinski definition) is 0. The smallest absolute Gasteiger partial charge is 0.450 e. The van der Waals surface area contributed by atoms with Gasteiger partial charge in [-0.3, -0.25) is 4.79 Å². The predicted molar refractivity (Wildman–Crippen MR) is 115 cm³/mol. The average Bonchev–Trinajstić information content (AvgIpc) is 2.77. The molecule has 0 amide bonds. The molecule has 0 aliphatic heterocycles. The van der Waals surface area contributed by atoms with Crippen LogP contribution in [0.3, 0.4) is 0 Å². The van der Waals surface area contributed by atoms with Crippen LogP contribution in [0.1, 0.15) is 11.3 Å². The van der Waals surface area contributed by atoms with Crippen molar-refractivity contribution in [3.05, 3.63) is 93.3 Å². The number of fused-ring (bicyclic) bond motifs is 1. The topological polar surface area (TPSA) is 48.7 Å². The van der Waals surface area contributed by atoms with Crippen molar-refractivity contribution in [1.29, 1.82) is 0 Å². The van der Waals surface area contributed by atoms with E-state index in [2.05, 4.69) is 0 Å². The first-order valence-corrected chi connectivity index (χ1v) is 9.84. The maximum absolute atomic E-state index is 13.9. The van der Waals surface area contributed by atoms with Crippen molar-refractivity contribution >= 4 is 22.6 Å². The summed E-state index contributed by atoms with van der Waals surface area (Å²) in [6, 6.07) is 17.1. The van der Waals surface area contributed by atoms with Crippen LogP contribution in [0.15, 0.2) is 75.9 Å². The number of ether oxygens (including phenoxy) is 2. The lowest BCUT2D eigenvalue weighted by Gasteiger charge is -2.15. The fraction of sp³-hybridized carbons (Fsp3) is 0.125. The van der Waals surface area contributed by atoms with Crippen LogP contribution in [-0.2, 0) is 12.8 Å². The van der Waals surface area contributed by atoms with E-state index >= 15 is 0 Å². The van der Waals surface area contributed by atoms with Crippen LogP contribution in [0.4, 0.5) is 13.2 Å². The molecule has 0 saturated heterocycles. The largest absolute Gasteiger partial charge is 0.496 e. The second-order valence-electron chi connectivity index (χ2n) is 6.91. The lowest BCUT2D eigenvalue weighted by molar-refractivity contribution is -0.152. The quantitative estimate of drug-likeness (QED) is 0.332. The number of rotatable bonds is 5. The van der Waals surface area contributed by atoms with Gasteiger partial charge < -0.3 is 13.9 Å². The molecule has 0 aliphatic rings. The summed E-state index contributed by atoms with van der Waals surface area (Å²) in [5.41, 5.74) is -0.870. The second-order valence-corrected chi connectivity index (χ2v) is 7.35. The average molecular weight is 461 g/mol. The van der Waals surface area contributed by atoms with Gasteiger partial charge in [-0.25, -0.2) is 0 Å². The minimum Gasteiger partial charge on any atom is -0.496 e. The molecule has 4 aromatic rings. The molecule has 0 aliphatic carbocycles. The third-order valence-corrected chi connectivity index (χ3v) is 5.03. The van der Waals surface area contributed by atoms with Crippen LogP contribution in [0, 0.1) is 0 Å². The van der Waals surface area contributed by atoms with Crippen molar-refractivity contribution < 1.29 is 27.1 Å². The van der Waals surface area contributed by atoms with E-state index in [1.54, 1.807) is 30.3 Å². The second kappa shape index (κ2) is 8.59. The first-order chi connectivity index (χ1) is 15.3. The van der Waals surface area contributed by atoms with Crippen LogP contribution in [-0.4, -0.2) is 7.11 Å². The highest BCUT2D eigenvalue weighted by Crippen LogP contribution is 2.40. The van der Waals surface area contributed by atoms with Crippen LogP contribution < -0.4 is 14.9 Å². The molecular formula is C24H16ClF3O4. The summed E-state index contributed by atoms with van der Waals surface area (Å²) < 4.78 is 57.6. The van der Waals surface area contributed by atoms with E-state index < -0.39 is 22.9 Å². The number of benzene rings is 3. The molecule has 0 N–H and O–H groups in total. The van der Waals surface area contributed by atoms with Crippen molar-refractivity contribution in [2.75, 3.05) is 7.11 Å². The monoisotopic (exact) mass is 460 g/mol. The Morgan fingerprint density at radius 2 is 1.78 bits per heavy atom. The molecule has 0 spiro atoms. The fourth-order valence-corrected chi connectivity index (χ4v) is 3.56. The van der Waals surface area contributed by atoms with Gasteiger partial charge in [-0.1, -0.05) is 41.9 Å². The van der Waals surface area contributed by atoms with E-state index in [4.69, 9.17) is 25.5 Å². The van der Waals surface area contributed by atoms with Crippen LogP contribution >= 0.6 is 11.6 Å². The summed E-state index contributed by atoms with van der Waals surface area (Å²) in [6.45, 7) is 0.141. The van der Waals surface area contributed by atoms with Gasteiger partial charge >= 0.3 is 6.18 Å². The highest BCUT2D eigenvalue weighted by atomic mass is 35.5. The van der Waals surface area contributed by atoms with Gasteiger partial charge in [0.15, 0.2) is 0 Å². The molecule has 0 unspecified atom stereocenters. The van der Waals surface area contributed by atoms with Crippen molar-refractivity contribution in [2.45, 2.75) is 12.8 Å². The summed E-state index contributed by atoms with van der Waals surface area (Å²) >= 11 is 5.95. The minimum atomic E-state index is -4.90. The van der Waals surface area contributed by atoms with Crippen molar-refractivity contribution in [3.8, 4) is 22.6 Å². The molecule has 1 heterocycles. The number of para-hydroxylation sites is 1. The molecule has 3 aromatic carbocycles. The molecule has 0 radical (unpaired) electrons. The molecule has 32 heavy (non-hydrogen) atoms. The fourth-order valence-electron chi connectivity index (χ4n) is 3.35. The summed E-state index contributed by atoms with van der Waals surface area (Å²) in [5, 5.41) is 0.531. The minimum absolute atomic E-state index is 0.000687. The maximum Gasteiger partial charge on any atom is 0.450 e. The molecule has 4 rings (SSSR count). The van der Waals surface area contributed by atoms with E-state index in [0.29, 0.717) is 5.02 Å². The van der Waals surface area contributed by atoms with E-state index in [1.807, 2.05) is 0 Å². The van der Waals surface area contributed by atoms with Gasteiger partial charge in [0.25, 0.3) is 0 Å². The zero-order valence-corrected chi connectivity index (χ0v) is 17.5. The van der Waals surface area contributed by atoms with E-state index in [0.717, 1.165) is 5.56 Å². The molecule has 0 saturated carbocycles. The molecule has 0 bridgehead atoms. The summed E-state index contributed by atoms with van der Waals surface area (Å²) in [6.07, 6.45) is -4.90. The van der Waals surface area contributed by atoms with Crippen molar-refractivity contribution in [2.24, 2.45) is 0 Å². The molecule has 4 nitrogen and oxygen atoms in total. The maximum atomic E-state index is 13.9. The number of halogens is 4. The summed E-state index contributed by atoms with van der Waals surface area (Å²) in [4.78, 5) is 13.1. The SMILES string of the molecule is COc1ccccc1-c1c(C(F)(F)F)oc2cc(OCc3cccc(Cl)c3)ccc2c1=O. The van der Waals surface area contributed by atoms with Gasteiger partial charge in [0.2, 0.25) is 11.2 Å². The molecule has 1 aromatic heterocycles. The number of methoxy groups -OCH3 is 1. The Bertz CT molecular complexity index is 1350. The normalized spacial score (nSPS) is 11.5. The van der Waals surface area contributed by atoms with Gasteiger partial charge in [-0.15, -0.1) is 0 Å². The Labute approximate surface area is 185 Å². The summed E-state index contributed by atoms with van der Waals surface area (Å²) in [7, 11) is 1.32. The van der Waals surface area contributed by atoms with Crippen LogP contribution in [0.2, 0.25) is 5.02 Å². The zero-order valence-electron chi connectivity index (χ0n) is 16.7. The van der Waals surface area contributed by atoms with Crippen LogP contribution in [0.25, 0.3) is 22.1 Å². The lowest BCUT2D eigenvalue weighted by Crippen LogP contribution is -2.16. The Morgan fingerprint density at radius 3 is 2.50 bits per heavy atom. The highest BCUT2D eigenvalue weighted by molar-refractivity contribution is 6.30. The molecular weight excluding hydrogens is 445 g/mol. The van der Waals surface area contributed by atoms with Gasteiger partial charge in [-0.2, -0.15) is 13.2 Å². The van der Waals surface area contributed by atoms with Crippen molar-refractivity contribution in [1.82, 2.24) is 0 Å². The van der Waals surface area contributed by atoms with Gasteiger partial charge in [-0.05, 0) is 35.9 Å². The first kappa shape index (κ1) is 21.8. The Kier molecular flexibility index (Phi) is 5.84. The van der Waals surface area contributed by atoms with Gasteiger partial charge in [0.05, 0.1) is 18.1 Å². The van der Waals surface area contributed by atoms with E-state index in [-0.39, 0.29) is 34.6 Å². The van der Waals surface area contributed by atoms with Crippen LogP contribution in [0.5, 0.6) is 11.5 Å². The number of hydrogen-bond acceptors (Lipinski definition) is 4. The third-order valence-electron chi connectivity index (χ3n) is 4.79. The number of alkyl halides is 3. The zero-order chi connectivity index (χ0) is 22.9. The molecule has 0 atom stereocenters. The van der Waals surface area contributed by atoms with E-state index in [1.165, 1.54) is 43.5 Å². The predicted octanol–water partition coefficient (Wildman–Crippen LogP) is 6.72. The Morgan fingerprint density at radius 1 is 1.00 bits per heavy atom. The summed E-state index contributed by atoms with van der Waals surface area (Å²) in [5.74, 6) is -1.02. The Hall–Kier alpha value is -3.45. The van der Waals surface area contributed by atoms with E-state index in [9.17, 15) is 18.0 Å². The van der Waals surface area contributed by atoms with Gasteiger partial charge in [0.1, 0.15) is 23.7 Å². The molecule has 0 fully saturated rings. The van der Waals surface area contributed by atoms with Gasteiger partial charge in [0, 0.05) is 16.7 Å². The Balaban J connectivity index is 1.82. The third kappa shape index (κ3) is 4.29. The first-order valence-electron chi connectivity index (χ1n) is 9.46. The van der Waals surface area contributed by atoms with Crippen molar-refractivity contribution in [3.63, 3.8) is 0 Å². The lowest BCUT2D eigenvalue weighted by atomic mass is 10.0. The highest BCUT2D eigenvalue weighted by Gasteiger charge is 2.40.